The van der Waals surface area contributed by atoms with Gasteiger partial charge in [0, 0.05) is 0 Å². The number of aromatic nitrogens is 1. The molecule has 2 heterocycles. The predicted octanol–water partition coefficient (Wildman–Crippen LogP) is 2.30. The first-order valence-corrected chi connectivity index (χ1v) is 7.81. The number of amides is 1. The van der Waals surface area contributed by atoms with Crippen molar-refractivity contribution in [3.63, 3.8) is 0 Å². The zero-order chi connectivity index (χ0) is 18.0. The molecule has 0 saturated heterocycles. The molecular formula is C16H12N2O6S. The van der Waals surface area contributed by atoms with E-state index in [1.807, 2.05) is 0 Å². The number of methoxy groups -OCH3 is 2. The molecule has 1 amide bonds. The minimum Gasteiger partial charge on any atom is -0.497 e. The van der Waals surface area contributed by atoms with E-state index in [0.717, 1.165) is 11.3 Å². The van der Waals surface area contributed by atoms with Crippen molar-refractivity contribution in [3.05, 3.63) is 51.5 Å². The number of hydrogen-bond acceptors (Lipinski definition) is 8. The maximum absolute atomic E-state index is 12.3. The highest BCUT2D eigenvalue weighted by atomic mass is 32.1. The number of esters is 1. The molecule has 128 valence electrons. The fraction of sp³-hybridized carbons (Fsp3) is 0.125. The quantitative estimate of drug-likeness (QED) is 0.711. The zero-order valence-corrected chi connectivity index (χ0v) is 14.0. The molecular weight excluding hydrogens is 348 g/mol. The second kappa shape index (κ2) is 6.73. The first-order chi connectivity index (χ1) is 12.0. The van der Waals surface area contributed by atoms with Crippen LogP contribution in [0.5, 0.6) is 5.75 Å². The summed E-state index contributed by atoms with van der Waals surface area (Å²) in [5.41, 5.74) is -0.639. The van der Waals surface area contributed by atoms with E-state index < -0.39 is 17.5 Å². The molecule has 9 heteroatoms. The average molecular weight is 360 g/mol. The number of nitrogens with zero attached hydrogens (tertiary/aromatic N) is 1. The highest BCUT2D eigenvalue weighted by Gasteiger charge is 2.16. The number of nitrogens with one attached hydrogen (secondary N) is 1. The lowest BCUT2D eigenvalue weighted by molar-refractivity contribution is 0.0606. The van der Waals surface area contributed by atoms with Gasteiger partial charge in [0.1, 0.15) is 10.6 Å². The average Bonchev–Trinajstić information content (AvgIpc) is 3.08. The molecule has 0 saturated carbocycles. The Balaban J connectivity index is 1.90. The van der Waals surface area contributed by atoms with Crippen molar-refractivity contribution in [1.29, 1.82) is 0 Å². The molecule has 8 nitrogen and oxygen atoms in total. The van der Waals surface area contributed by atoms with Gasteiger partial charge in [-0.05, 0) is 29.7 Å². The minimum atomic E-state index is -0.660. The summed E-state index contributed by atoms with van der Waals surface area (Å²) in [6, 6.07) is 6.25. The number of benzene rings is 1. The van der Waals surface area contributed by atoms with Gasteiger partial charge >= 0.3 is 11.6 Å². The van der Waals surface area contributed by atoms with Crippen LogP contribution in [-0.2, 0) is 4.74 Å². The maximum atomic E-state index is 12.3. The zero-order valence-electron chi connectivity index (χ0n) is 13.2. The second-order valence-corrected chi connectivity index (χ2v) is 5.86. The van der Waals surface area contributed by atoms with E-state index in [4.69, 9.17) is 9.15 Å². The van der Waals surface area contributed by atoms with Crippen LogP contribution in [0.25, 0.3) is 10.8 Å². The number of rotatable bonds is 4. The van der Waals surface area contributed by atoms with Gasteiger partial charge < -0.3 is 13.9 Å². The molecule has 0 aliphatic rings. The lowest BCUT2D eigenvalue weighted by Crippen LogP contribution is -2.14. The Morgan fingerprint density at radius 3 is 2.76 bits per heavy atom. The van der Waals surface area contributed by atoms with Gasteiger partial charge in [0.2, 0.25) is 0 Å². The molecule has 0 radical (unpaired) electrons. The number of hydrogen-bond donors (Lipinski definition) is 1. The fourth-order valence-electron chi connectivity index (χ4n) is 2.10. The number of carbonyl (C=O) groups excluding carboxylic acids is 2. The topological polar surface area (TPSA) is 108 Å². The highest BCUT2D eigenvalue weighted by Crippen LogP contribution is 2.22. The maximum Gasteiger partial charge on any atom is 0.349 e. The molecule has 0 fully saturated rings. The van der Waals surface area contributed by atoms with Crippen LogP contribution in [0.1, 0.15) is 20.2 Å². The normalized spacial score (nSPS) is 10.5. The van der Waals surface area contributed by atoms with Gasteiger partial charge in [-0.15, -0.1) is 0 Å². The Labute approximate surface area is 145 Å². The minimum absolute atomic E-state index is 0.179. The Morgan fingerprint density at radius 2 is 2.04 bits per heavy atom. The van der Waals surface area contributed by atoms with Crippen molar-refractivity contribution in [2.75, 3.05) is 19.5 Å². The smallest absolute Gasteiger partial charge is 0.349 e. The van der Waals surface area contributed by atoms with Crippen LogP contribution >= 0.6 is 11.3 Å². The lowest BCUT2D eigenvalue weighted by atomic mass is 10.1. The Bertz CT molecular complexity index is 1020. The van der Waals surface area contributed by atoms with Gasteiger partial charge in [-0.3, -0.25) is 10.1 Å². The van der Waals surface area contributed by atoms with E-state index in [-0.39, 0.29) is 15.8 Å². The van der Waals surface area contributed by atoms with Crippen LogP contribution in [-0.4, -0.2) is 31.1 Å². The Hall–Kier alpha value is -3.20. The van der Waals surface area contributed by atoms with E-state index in [1.165, 1.54) is 26.5 Å². The van der Waals surface area contributed by atoms with Gasteiger partial charge in [-0.25, -0.2) is 14.6 Å². The summed E-state index contributed by atoms with van der Waals surface area (Å²) in [6.45, 7) is 0. The van der Waals surface area contributed by atoms with E-state index >= 15 is 0 Å². The van der Waals surface area contributed by atoms with Crippen LogP contribution < -0.4 is 15.7 Å². The largest absolute Gasteiger partial charge is 0.497 e. The first-order valence-electron chi connectivity index (χ1n) is 6.99. The molecule has 3 rings (SSSR count). The van der Waals surface area contributed by atoms with Crippen molar-refractivity contribution in [1.82, 2.24) is 4.98 Å². The van der Waals surface area contributed by atoms with Crippen molar-refractivity contribution < 1.29 is 23.5 Å². The molecule has 1 N–H and O–H groups in total. The van der Waals surface area contributed by atoms with Crippen LogP contribution in [0.15, 0.2) is 39.7 Å². The van der Waals surface area contributed by atoms with Crippen LogP contribution in [0.4, 0.5) is 5.13 Å². The van der Waals surface area contributed by atoms with Crippen LogP contribution in [0.3, 0.4) is 0 Å². The number of carbonyl (C=O) groups is 2. The first kappa shape index (κ1) is 16.7. The number of anilines is 1. The standard InChI is InChI=1S/C16H12N2O6S/c1-22-9-3-4-10-8(5-9)6-11(24-14(10)20)13(19)18-16-17-7-12(25-16)15(21)23-2/h3-7H,1-2H3,(H,17,18,19). The molecule has 3 aromatic rings. The summed E-state index contributed by atoms with van der Waals surface area (Å²) in [4.78, 5) is 39.9. The van der Waals surface area contributed by atoms with Crippen molar-refractivity contribution in [2.45, 2.75) is 0 Å². The summed E-state index contributed by atoms with van der Waals surface area (Å²) >= 11 is 0.945. The Kier molecular flexibility index (Phi) is 4.48. The van der Waals surface area contributed by atoms with Crippen LogP contribution in [0, 0.1) is 0 Å². The van der Waals surface area contributed by atoms with E-state index in [1.54, 1.807) is 18.2 Å². The molecule has 25 heavy (non-hydrogen) atoms. The predicted molar refractivity (Wildman–Crippen MR) is 90.4 cm³/mol. The van der Waals surface area contributed by atoms with E-state index in [2.05, 4.69) is 15.0 Å². The third kappa shape index (κ3) is 3.36. The molecule has 0 spiro atoms. The molecule has 0 atom stereocenters. The number of fused-ring (bicyclic) bond motifs is 1. The van der Waals surface area contributed by atoms with E-state index in [9.17, 15) is 14.4 Å². The summed E-state index contributed by atoms with van der Waals surface area (Å²) < 4.78 is 14.7. The third-order valence-corrected chi connectivity index (χ3v) is 4.20. The van der Waals surface area contributed by atoms with E-state index in [0.29, 0.717) is 16.5 Å². The second-order valence-electron chi connectivity index (χ2n) is 4.83. The number of ether oxygens (including phenoxy) is 2. The summed E-state index contributed by atoms with van der Waals surface area (Å²) in [6.07, 6.45) is 1.29. The molecule has 0 aliphatic carbocycles. The monoisotopic (exact) mass is 360 g/mol. The Morgan fingerprint density at radius 1 is 1.24 bits per heavy atom. The molecule has 0 aliphatic heterocycles. The van der Waals surface area contributed by atoms with Gasteiger partial charge in [0.15, 0.2) is 10.9 Å². The van der Waals surface area contributed by atoms with Crippen molar-refractivity contribution in [2.24, 2.45) is 0 Å². The highest BCUT2D eigenvalue weighted by molar-refractivity contribution is 7.17. The van der Waals surface area contributed by atoms with Gasteiger partial charge in [0.05, 0.1) is 25.8 Å². The molecule has 2 aromatic heterocycles. The lowest BCUT2D eigenvalue weighted by Gasteiger charge is -2.04. The fourth-order valence-corrected chi connectivity index (χ4v) is 2.83. The van der Waals surface area contributed by atoms with Gasteiger partial charge in [-0.1, -0.05) is 11.3 Å². The molecule has 0 unspecified atom stereocenters. The van der Waals surface area contributed by atoms with Gasteiger partial charge in [-0.2, -0.15) is 0 Å². The van der Waals surface area contributed by atoms with Crippen molar-refractivity contribution >= 4 is 39.1 Å². The number of thiazole rings is 1. The molecule has 0 bridgehead atoms. The third-order valence-electron chi connectivity index (χ3n) is 3.30. The molecule has 1 aromatic carbocycles. The summed E-state index contributed by atoms with van der Waals surface area (Å²) in [7, 11) is 2.75. The summed E-state index contributed by atoms with van der Waals surface area (Å²) in [5, 5.41) is 3.50. The van der Waals surface area contributed by atoms with Crippen LogP contribution in [0.2, 0.25) is 0 Å². The van der Waals surface area contributed by atoms with Crippen molar-refractivity contribution in [3.8, 4) is 5.75 Å². The summed E-state index contributed by atoms with van der Waals surface area (Å²) in [5.74, 6) is -0.845. The van der Waals surface area contributed by atoms with Gasteiger partial charge in [0.25, 0.3) is 5.91 Å². The SMILES string of the molecule is COC(=O)c1cnc(NC(=O)c2cc3cc(OC)ccc3c(=O)o2)s1.